The number of rotatable bonds is 5. The van der Waals surface area contributed by atoms with Crippen molar-refractivity contribution in [2.45, 2.75) is 20.0 Å². The molecule has 0 radical (unpaired) electrons. The van der Waals surface area contributed by atoms with Gasteiger partial charge in [0.25, 0.3) is 5.91 Å². The molecule has 0 N–H and O–H groups in total. The van der Waals surface area contributed by atoms with Gasteiger partial charge in [0.2, 0.25) is 0 Å². The molecule has 7 heteroatoms. The first kappa shape index (κ1) is 14.5. The molecule has 1 amide bonds. The van der Waals surface area contributed by atoms with Gasteiger partial charge in [0.05, 0.1) is 17.1 Å². The number of aryl methyl sites for hydroxylation is 1. The van der Waals surface area contributed by atoms with Crippen LogP contribution in [0.15, 0.2) is 40.4 Å². The van der Waals surface area contributed by atoms with Crippen LogP contribution in [0.25, 0.3) is 10.6 Å². The second-order valence-corrected chi connectivity index (χ2v) is 5.80. The largest absolute Gasteiger partial charge is 0.355 e. The van der Waals surface area contributed by atoms with Gasteiger partial charge < -0.3 is 9.42 Å². The molecular formula is C15H16N4O2S. The highest BCUT2D eigenvalue weighted by Gasteiger charge is 2.19. The monoisotopic (exact) mass is 316 g/mol. The third-order valence-corrected chi connectivity index (χ3v) is 4.23. The Hall–Kier alpha value is -2.41. The Morgan fingerprint density at radius 1 is 1.45 bits per heavy atom. The smallest absolute Gasteiger partial charge is 0.276 e. The maximum atomic E-state index is 12.4. The zero-order chi connectivity index (χ0) is 15.5. The van der Waals surface area contributed by atoms with E-state index in [9.17, 15) is 4.79 Å². The molecule has 6 nitrogen and oxygen atoms in total. The van der Waals surface area contributed by atoms with Gasteiger partial charge in [-0.15, -0.1) is 11.3 Å². The van der Waals surface area contributed by atoms with Gasteiger partial charge in [-0.25, -0.2) is 0 Å². The lowest BCUT2D eigenvalue weighted by molar-refractivity contribution is 0.0771. The molecule has 0 bridgehead atoms. The van der Waals surface area contributed by atoms with E-state index in [1.807, 2.05) is 35.2 Å². The zero-order valence-corrected chi connectivity index (χ0v) is 13.2. The summed E-state index contributed by atoms with van der Waals surface area (Å²) in [5.74, 6) is 0.445. The molecule has 0 saturated heterocycles. The number of thiophene rings is 1. The Balaban J connectivity index is 1.73. The van der Waals surface area contributed by atoms with Crippen LogP contribution in [0.1, 0.15) is 23.1 Å². The molecule has 0 aromatic carbocycles. The van der Waals surface area contributed by atoms with E-state index in [1.165, 1.54) is 0 Å². The minimum atomic E-state index is -0.171. The van der Waals surface area contributed by atoms with Crippen molar-refractivity contribution < 1.29 is 9.32 Å². The van der Waals surface area contributed by atoms with Gasteiger partial charge in [0, 0.05) is 25.9 Å². The Morgan fingerprint density at radius 2 is 2.32 bits per heavy atom. The van der Waals surface area contributed by atoms with E-state index < -0.39 is 0 Å². The van der Waals surface area contributed by atoms with Crippen LogP contribution in [0.4, 0.5) is 0 Å². The van der Waals surface area contributed by atoms with Crippen molar-refractivity contribution >= 4 is 17.2 Å². The van der Waals surface area contributed by atoms with Crippen molar-refractivity contribution in [3.05, 3.63) is 47.2 Å². The maximum Gasteiger partial charge on any atom is 0.276 e. The van der Waals surface area contributed by atoms with Gasteiger partial charge in [-0.3, -0.25) is 9.48 Å². The predicted molar refractivity (Wildman–Crippen MR) is 83.5 cm³/mol. The maximum absolute atomic E-state index is 12.4. The molecule has 114 valence electrons. The number of aromatic nitrogens is 3. The van der Waals surface area contributed by atoms with E-state index >= 15 is 0 Å². The molecule has 0 fully saturated rings. The molecule has 0 aliphatic carbocycles. The van der Waals surface area contributed by atoms with Crippen LogP contribution in [0, 0.1) is 0 Å². The fourth-order valence-corrected chi connectivity index (χ4v) is 2.87. The Kier molecular flexibility index (Phi) is 4.06. The summed E-state index contributed by atoms with van der Waals surface area (Å²) in [4.78, 5) is 15.0. The van der Waals surface area contributed by atoms with Crippen LogP contribution in [0.3, 0.4) is 0 Å². The number of hydrogen-bond donors (Lipinski definition) is 0. The number of carbonyl (C=O) groups is 1. The van der Waals surface area contributed by atoms with Crippen LogP contribution in [-0.2, 0) is 13.1 Å². The van der Waals surface area contributed by atoms with Crippen molar-refractivity contribution in [2.24, 2.45) is 0 Å². The minimum absolute atomic E-state index is 0.171. The van der Waals surface area contributed by atoms with Gasteiger partial charge in [-0.05, 0) is 24.4 Å². The number of carbonyl (C=O) groups excluding carboxylic acids is 1. The molecule has 3 aromatic heterocycles. The molecule has 3 rings (SSSR count). The molecule has 0 spiro atoms. The molecule has 3 aromatic rings. The normalized spacial score (nSPS) is 10.8. The molecule has 0 atom stereocenters. The molecule has 0 aliphatic rings. The fourth-order valence-electron chi connectivity index (χ4n) is 2.20. The van der Waals surface area contributed by atoms with Crippen LogP contribution >= 0.6 is 11.3 Å². The van der Waals surface area contributed by atoms with Crippen molar-refractivity contribution in [3.8, 4) is 10.6 Å². The van der Waals surface area contributed by atoms with Gasteiger partial charge >= 0.3 is 0 Å². The lowest BCUT2D eigenvalue weighted by Gasteiger charge is -2.16. The van der Waals surface area contributed by atoms with Crippen molar-refractivity contribution in [2.75, 3.05) is 7.05 Å². The number of nitrogens with zero attached hydrogens (tertiary/aromatic N) is 4. The van der Waals surface area contributed by atoms with E-state index in [0.717, 1.165) is 17.1 Å². The van der Waals surface area contributed by atoms with Crippen LogP contribution in [0.5, 0.6) is 0 Å². The van der Waals surface area contributed by atoms with E-state index in [4.69, 9.17) is 4.52 Å². The Morgan fingerprint density at radius 3 is 3.05 bits per heavy atom. The number of hydrogen-bond acceptors (Lipinski definition) is 5. The van der Waals surface area contributed by atoms with Gasteiger partial charge in [-0.2, -0.15) is 5.10 Å². The summed E-state index contributed by atoms with van der Waals surface area (Å²) in [6.07, 6.45) is 1.74. The summed E-state index contributed by atoms with van der Waals surface area (Å²) in [5, 5.41) is 10.0. The highest BCUT2D eigenvalue weighted by Crippen LogP contribution is 2.25. The summed E-state index contributed by atoms with van der Waals surface area (Å²) in [7, 11) is 1.74. The molecule has 0 aliphatic heterocycles. The van der Waals surface area contributed by atoms with Crippen molar-refractivity contribution in [3.63, 3.8) is 0 Å². The Bertz CT molecular complexity index is 760. The summed E-state index contributed by atoms with van der Waals surface area (Å²) in [6.45, 7) is 3.27. The lowest BCUT2D eigenvalue weighted by Crippen LogP contribution is -2.27. The van der Waals surface area contributed by atoms with Crippen molar-refractivity contribution in [1.29, 1.82) is 0 Å². The summed E-state index contributed by atoms with van der Waals surface area (Å²) in [6, 6.07) is 7.46. The molecular weight excluding hydrogens is 300 g/mol. The summed E-state index contributed by atoms with van der Waals surface area (Å²) < 4.78 is 7.12. The van der Waals surface area contributed by atoms with E-state index in [2.05, 4.69) is 10.3 Å². The molecule has 0 unspecified atom stereocenters. The van der Waals surface area contributed by atoms with E-state index in [0.29, 0.717) is 18.0 Å². The molecule has 22 heavy (non-hydrogen) atoms. The highest BCUT2D eigenvalue weighted by atomic mass is 32.1. The standard InChI is InChI=1S/C15H16N4O2S/c1-3-19-11(6-7-16-19)10-18(2)15(20)12-9-13(21-17-12)14-5-4-8-22-14/h4-9H,3,10H2,1-2H3. The Labute approximate surface area is 132 Å². The molecule has 3 heterocycles. The first-order valence-corrected chi connectivity index (χ1v) is 7.83. The topological polar surface area (TPSA) is 64.2 Å². The van der Waals surface area contributed by atoms with Crippen LogP contribution in [0.2, 0.25) is 0 Å². The predicted octanol–water partition coefficient (Wildman–Crippen LogP) is 2.89. The van der Waals surface area contributed by atoms with Gasteiger partial charge in [0.15, 0.2) is 11.5 Å². The van der Waals surface area contributed by atoms with Crippen molar-refractivity contribution in [1.82, 2.24) is 19.8 Å². The average Bonchev–Trinajstić information content (AvgIpc) is 3.26. The third-order valence-electron chi connectivity index (χ3n) is 3.34. The van der Waals surface area contributed by atoms with Crippen LogP contribution in [-0.4, -0.2) is 32.8 Å². The minimum Gasteiger partial charge on any atom is -0.355 e. The zero-order valence-electron chi connectivity index (χ0n) is 12.4. The lowest BCUT2D eigenvalue weighted by atomic mass is 10.3. The highest BCUT2D eigenvalue weighted by molar-refractivity contribution is 7.13. The van der Waals surface area contributed by atoms with Gasteiger partial charge in [0.1, 0.15) is 0 Å². The first-order chi connectivity index (χ1) is 10.7. The van der Waals surface area contributed by atoms with E-state index in [1.54, 1.807) is 35.5 Å². The van der Waals surface area contributed by atoms with Gasteiger partial charge in [-0.1, -0.05) is 11.2 Å². The average molecular weight is 316 g/mol. The summed E-state index contributed by atoms with van der Waals surface area (Å²) in [5.41, 5.74) is 1.30. The fraction of sp³-hybridized carbons (Fsp3) is 0.267. The second kappa shape index (κ2) is 6.15. The SMILES string of the molecule is CCn1nccc1CN(C)C(=O)c1cc(-c2cccs2)on1. The van der Waals surface area contributed by atoms with E-state index in [-0.39, 0.29) is 5.91 Å². The first-order valence-electron chi connectivity index (χ1n) is 6.95. The quantitative estimate of drug-likeness (QED) is 0.726. The second-order valence-electron chi connectivity index (χ2n) is 4.85. The molecule has 0 saturated carbocycles. The summed E-state index contributed by atoms with van der Waals surface area (Å²) >= 11 is 1.55. The third kappa shape index (κ3) is 2.80. The number of amides is 1. The van der Waals surface area contributed by atoms with Crippen LogP contribution < -0.4 is 0 Å².